The van der Waals surface area contributed by atoms with Crippen molar-refractivity contribution in [1.29, 1.82) is 10.5 Å². The third-order valence-electron chi connectivity index (χ3n) is 4.24. The molecule has 0 bridgehead atoms. The van der Waals surface area contributed by atoms with E-state index in [-0.39, 0.29) is 28.5 Å². The van der Waals surface area contributed by atoms with Crippen LogP contribution in [0.2, 0.25) is 0 Å². The van der Waals surface area contributed by atoms with E-state index in [4.69, 9.17) is 5.26 Å². The first kappa shape index (κ1) is 21.1. The molecule has 0 radical (unpaired) electrons. The number of alkyl halides is 3. The van der Waals surface area contributed by atoms with Crippen LogP contribution in [0.3, 0.4) is 0 Å². The van der Waals surface area contributed by atoms with Gasteiger partial charge in [0.15, 0.2) is 11.5 Å². The molecule has 0 saturated heterocycles. The normalized spacial score (nSPS) is 10.9. The molecule has 4 heterocycles. The van der Waals surface area contributed by atoms with Crippen molar-refractivity contribution in [2.45, 2.75) is 6.18 Å². The average Bonchev–Trinajstić information content (AvgIpc) is 3.49. The predicted octanol–water partition coefficient (Wildman–Crippen LogP) is 2.26. The summed E-state index contributed by atoms with van der Waals surface area (Å²) in [5.74, 6) is -1.05. The van der Waals surface area contributed by atoms with Gasteiger partial charge in [-0.3, -0.25) is 4.79 Å². The molecule has 0 saturated carbocycles. The number of hydrogen-bond donors (Lipinski definition) is 1. The second kappa shape index (κ2) is 8.20. The molecule has 4 aromatic heterocycles. The number of pyridine rings is 2. The first-order valence-electron chi connectivity index (χ1n) is 8.91. The van der Waals surface area contributed by atoms with Gasteiger partial charge in [0.1, 0.15) is 23.4 Å². The summed E-state index contributed by atoms with van der Waals surface area (Å²) >= 11 is 0. The van der Waals surface area contributed by atoms with Crippen LogP contribution in [-0.2, 0) is 6.18 Å². The number of aromatic nitrogens is 7. The van der Waals surface area contributed by atoms with Crippen LogP contribution in [0, 0.1) is 22.7 Å². The van der Waals surface area contributed by atoms with Gasteiger partial charge in [-0.15, -0.1) is 4.80 Å². The van der Waals surface area contributed by atoms with Gasteiger partial charge in [0, 0.05) is 12.3 Å². The molecular formula is C19H9F3N10O. The number of nitrogens with zero attached hydrogens (tertiary/aromatic N) is 9. The number of rotatable bonds is 4. The van der Waals surface area contributed by atoms with E-state index in [9.17, 15) is 23.2 Å². The Labute approximate surface area is 182 Å². The number of hydrogen-bond acceptors (Lipinski definition) is 8. The molecule has 14 heteroatoms. The van der Waals surface area contributed by atoms with Crippen molar-refractivity contribution >= 4 is 11.6 Å². The number of nitrogens with one attached hydrogen (secondary N) is 1. The Morgan fingerprint density at radius 3 is 2.42 bits per heavy atom. The molecule has 1 amide bonds. The second-order valence-corrected chi connectivity index (χ2v) is 6.31. The summed E-state index contributed by atoms with van der Waals surface area (Å²) in [7, 11) is 0. The molecule has 0 atom stereocenters. The van der Waals surface area contributed by atoms with E-state index in [0.717, 1.165) is 29.5 Å². The van der Waals surface area contributed by atoms with Crippen molar-refractivity contribution in [3.63, 3.8) is 0 Å². The zero-order chi connectivity index (χ0) is 23.6. The minimum atomic E-state index is -4.95. The fourth-order valence-electron chi connectivity index (χ4n) is 2.89. The fraction of sp³-hybridized carbons (Fsp3) is 0.0526. The van der Waals surface area contributed by atoms with E-state index < -0.39 is 23.3 Å². The standard InChI is InChI=1S/C19H9F3N10O/c20-19(21,22)16-15(10-29-31(16)14-1-2-25-12(6-14)8-24)18(33)30-13-5-11(7-23)17(26-9-13)32-27-3-4-28-32/h1-6,9-10H,(H,30,33). The fourth-order valence-corrected chi connectivity index (χ4v) is 2.89. The van der Waals surface area contributed by atoms with Crippen LogP contribution in [0.5, 0.6) is 0 Å². The summed E-state index contributed by atoms with van der Waals surface area (Å²) in [6.07, 6.45) is 0.850. The van der Waals surface area contributed by atoms with E-state index in [1.54, 1.807) is 6.07 Å². The first-order valence-corrected chi connectivity index (χ1v) is 8.91. The van der Waals surface area contributed by atoms with Crippen molar-refractivity contribution in [1.82, 2.24) is 34.7 Å². The highest BCUT2D eigenvalue weighted by Crippen LogP contribution is 2.34. The Morgan fingerprint density at radius 1 is 1.00 bits per heavy atom. The topological polar surface area (TPSA) is 151 Å². The molecule has 33 heavy (non-hydrogen) atoms. The molecule has 0 aliphatic carbocycles. The summed E-state index contributed by atoms with van der Waals surface area (Å²) in [4.78, 5) is 21.5. The molecule has 1 N–H and O–H groups in total. The number of carbonyl (C=O) groups excluding carboxylic acids is 1. The van der Waals surface area contributed by atoms with E-state index in [2.05, 4.69) is 30.6 Å². The lowest BCUT2D eigenvalue weighted by Gasteiger charge is -2.13. The molecule has 162 valence electrons. The van der Waals surface area contributed by atoms with Crippen molar-refractivity contribution in [3.8, 4) is 23.6 Å². The van der Waals surface area contributed by atoms with Gasteiger partial charge in [-0.25, -0.2) is 14.6 Å². The van der Waals surface area contributed by atoms with Gasteiger partial charge < -0.3 is 5.32 Å². The van der Waals surface area contributed by atoms with Crippen LogP contribution in [0.4, 0.5) is 18.9 Å². The Hall–Kier alpha value is -5.11. The summed E-state index contributed by atoms with van der Waals surface area (Å²) in [5.41, 5.74) is -2.38. The molecule has 4 aromatic rings. The minimum absolute atomic E-state index is 0.0171. The van der Waals surface area contributed by atoms with Gasteiger partial charge in [-0.05, 0) is 12.1 Å². The molecular weight excluding hydrogens is 441 g/mol. The van der Waals surface area contributed by atoms with Crippen LogP contribution in [0.15, 0.2) is 49.2 Å². The van der Waals surface area contributed by atoms with Crippen molar-refractivity contribution in [2.24, 2.45) is 0 Å². The van der Waals surface area contributed by atoms with Gasteiger partial charge in [-0.1, -0.05) is 0 Å². The van der Waals surface area contributed by atoms with Crippen LogP contribution in [0.25, 0.3) is 11.5 Å². The Balaban J connectivity index is 1.70. The van der Waals surface area contributed by atoms with Gasteiger partial charge >= 0.3 is 6.18 Å². The smallest absolute Gasteiger partial charge is 0.320 e. The number of halogens is 3. The van der Waals surface area contributed by atoms with E-state index in [1.807, 2.05) is 6.07 Å². The van der Waals surface area contributed by atoms with Gasteiger partial charge in [-0.2, -0.15) is 39.0 Å². The quantitative estimate of drug-likeness (QED) is 0.497. The van der Waals surface area contributed by atoms with Crippen LogP contribution in [0.1, 0.15) is 27.3 Å². The number of carbonyl (C=O) groups is 1. The molecule has 0 unspecified atom stereocenters. The summed E-state index contributed by atoms with van der Waals surface area (Å²) in [6.45, 7) is 0. The van der Waals surface area contributed by atoms with Crippen LogP contribution in [-0.4, -0.2) is 40.6 Å². The maximum absolute atomic E-state index is 13.8. The molecule has 4 rings (SSSR count). The maximum atomic E-state index is 13.8. The SMILES string of the molecule is N#Cc1cc(-n2ncc(C(=O)Nc3cnc(-n4nccn4)c(C#N)c3)c2C(F)(F)F)ccn1. The van der Waals surface area contributed by atoms with Crippen LogP contribution >= 0.6 is 0 Å². The molecule has 0 aliphatic heterocycles. The van der Waals surface area contributed by atoms with Crippen molar-refractivity contribution < 1.29 is 18.0 Å². The average molecular weight is 450 g/mol. The summed E-state index contributed by atoms with van der Waals surface area (Å²) < 4.78 is 42.0. The number of amides is 1. The zero-order valence-corrected chi connectivity index (χ0v) is 16.2. The predicted molar refractivity (Wildman–Crippen MR) is 103 cm³/mol. The number of nitriles is 2. The maximum Gasteiger partial charge on any atom is 0.434 e. The lowest BCUT2D eigenvalue weighted by molar-refractivity contribution is -0.143. The zero-order valence-electron chi connectivity index (χ0n) is 16.2. The lowest BCUT2D eigenvalue weighted by Crippen LogP contribution is -2.21. The third-order valence-corrected chi connectivity index (χ3v) is 4.24. The van der Waals surface area contributed by atoms with E-state index in [1.165, 1.54) is 24.5 Å². The monoisotopic (exact) mass is 450 g/mol. The Kier molecular flexibility index (Phi) is 5.25. The van der Waals surface area contributed by atoms with Gasteiger partial charge in [0.2, 0.25) is 0 Å². The van der Waals surface area contributed by atoms with E-state index in [0.29, 0.717) is 4.68 Å². The minimum Gasteiger partial charge on any atom is -0.320 e. The Morgan fingerprint density at radius 2 is 1.76 bits per heavy atom. The number of anilines is 1. The highest BCUT2D eigenvalue weighted by atomic mass is 19.4. The molecule has 0 spiro atoms. The van der Waals surface area contributed by atoms with E-state index >= 15 is 0 Å². The molecule has 0 fully saturated rings. The van der Waals surface area contributed by atoms with Crippen LogP contribution < -0.4 is 5.32 Å². The molecule has 0 aliphatic rings. The highest BCUT2D eigenvalue weighted by molar-refractivity contribution is 6.05. The van der Waals surface area contributed by atoms with Gasteiger partial charge in [0.05, 0.1) is 41.7 Å². The summed E-state index contributed by atoms with van der Waals surface area (Å²) in [5, 5.41) is 32.0. The highest BCUT2D eigenvalue weighted by Gasteiger charge is 2.40. The van der Waals surface area contributed by atoms with Gasteiger partial charge in [0.25, 0.3) is 5.91 Å². The summed E-state index contributed by atoms with van der Waals surface area (Å²) in [6, 6.07) is 7.14. The first-order chi connectivity index (χ1) is 15.8. The lowest BCUT2D eigenvalue weighted by atomic mass is 10.2. The third kappa shape index (κ3) is 4.08. The van der Waals surface area contributed by atoms with Crippen molar-refractivity contribution in [2.75, 3.05) is 5.32 Å². The second-order valence-electron chi connectivity index (χ2n) is 6.31. The Bertz CT molecular complexity index is 1430. The largest absolute Gasteiger partial charge is 0.434 e. The molecule has 11 nitrogen and oxygen atoms in total. The molecule has 0 aromatic carbocycles. The van der Waals surface area contributed by atoms with Crippen molar-refractivity contribution in [3.05, 3.63) is 71.7 Å².